The molecule has 2 N–H and O–H groups in total. The Morgan fingerprint density at radius 1 is 1.14 bits per heavy atom. The summed E-state index contributed by atoms with van der Waals surface area (Å²) in [5, 5.41) is 22.3. The third-order valence-corrected chi connectivity index (χ3v) is 7.82. The van der Waals surface area contributed by atoms with E-state index in [1.165, 1.54) is 12.3 Å². The van der Waals surface area contributed by atoms with Crippen LogP contribution in [0.25, 0.3) is 11.1 Å². The summed E-state index contributed by atoms with van der Waals surface area (Å²) in [6.45, 7) is 3.99. The number of hydrogen-bond acceptors (Lipinski definition) is 6. The molecule has 220 valence electrons. The Balaban J connectivity index is 1.43. The van der Waals surface area contributed by atoms with Gasteiger partial charge in [-0.15, -0.1) is 0 Å². The minimum absolute atomic E-state index is 0.126. The first-order valence-corrected chi connectivity index (χ1v) is 14.4. The summed E-state index contributed by atoms with van der Waals surface area (Å²) in [6, 6.07) is 19.0. The van der Waals surface area contributed by atoms with Crippen LogP contribution in [0.5, 0.6) is 11.5 Å². The number of fused-ring (bicyclic) bond motifs is 1. The standard InChI is InChI=1S/C34H31ClFN3O4/c1-20(2)33(34(40)41)39-18-23-13-28(35)32(14-31(23)42-19-22-12-21(15-37)16-38-17-22)43-30-11-10-25-24(7-5-8-27(25)30)26-6-3-4-9-29(26)36/h3-9,12-14,16-17,20,30,33,39H,10-11,18-19H2,1-2H3,(H,40,41)/t30-,33+/m0/s1. The summed E-state index contributed by atoms with van der Waals surface area (Å²) in [5.41, 5.74) is 5.20. The first-order chi connectivity index (χ1) is 20.7. The minimum atomic E-state index is -0.947. The highest BCUT2D eigenvalue weighted by molar-refractivity contribution is 6.32. The molecule has 1 aliphatic carbocycles. The molecule has 1 aliphatic rings. The molecule has 3 aromatic carbocycles. The van der Waals surface area contributed by atoms with Gasteiger partial charge in [0.1, 0.15) is 42.1 Å². The third-order valence-electron chi connectivity index (χ3n) is 7.53. The highest BCUT2D eigenvalue weighted by atomic mass is 35.5. The predicted octanol–water partition coefficient (Wildman–Crippen LogP) is 7.26. The topological polar surface area (TPSA) is 104 Å². The molecule has 0 aliphatic heterocycles. The van der Waals surface area contributed by atoms with Crippen molar-refractivity contribution in [2.24, 2.45) is 5.92 Å². The van der Waals surface area contributed by atoms with Crippen LogP contribution in [0.1, 0.15) is 54.2 Å². The Labute approximate surface area is 254 Å². The van der Waals surface area contributed by atoms with E-state index in [1.807, 2.05) is 38.1 Å². The molecular formula is C34H31ClFN3O4. The number of carboxylic acids is 1. The van der Waals surface area contributed by atoms with Crippen LogP contribution < -0.4 is 14.8 Å². The van der Waals surface area contributed by atoms with Gasteiger partial charge in [-0.2, -0.15) is 5.26 Å². The van der Waals surface area contributed by atoms with Gasteiger partial charge in [0.05, 0.1) is 10.6 Å². The Hall–Kier alpha value is -4.45. The number of aromatic nitrogens is 1. The largest absolute Gasteiger partial charge is 0.488 e. The monoisotopic (exact) mass is 599 g/mol. The fourth-order valence-corrected chi connectivity index (χ4v) is 5.61. The van der Waals surface area contributed by atoms with Gasteiger partial charge in [0.15, 0.2) is 0 Å². The summed E-state index contributed by atoms with van der Waals surface area (Å²) in [6.07, 6.45) is 4.21. The minimum Gasteiger partial charge on any atom is -0.488 e. The average Bonchev–Trinajstić information content (AvgIpc) is 3.40. The third kappa shape index (κ3) is 6.80. The van der Waals surface area contributed by atoms with Crippen LogP contribution in [0.4, 0.5) is 4.39 Å². The van der Waals surface area contributed by atoms with Gasteiger partial charge in [-0.25, -0.2) is 4.39 Å². The Kier molecular flexibility index (Phi) is 9.24. The highest BCUT2D eigenvalue weighted by Crippen LogP contribution is 2.43. The number of nitrogens with zero attached hydrogens (tertiary/aromatic N) is 2. The van der Waals surface area contributed by atoms with Crippen LogP contribution >= 0.6 is 11.6 Å². The average molecular weight is 600 g/mol. The van der Waals surface area contributed by atoms with Gasteiger partial charge in [0.25, 0.3) is 0 Å². The van der Waals surface area contributed by atoms with Crippen molar-refractivity contribution in [3.8, 4) is 28.7 Å². The van der Waals surface area contributed by atoms with Crippen LogP contribution in [-0.2, 0) is 24.4 Å². The van der Waals surface area contributed by atoms with Gasteiger partial charge in [-0.05, 0) is 53.6 Å². The van der Waals surface area contributed by atoms with E-state index in [1.54, 1.807) is 36.5 Å². The second-order valence-electron chi connectivity index (χ2n) is 10.8. The molecular weight excluding hydrogens is 569 g/mol. The lowest BCUT2D eigenvalue weighted by Gasteiger charge is -2.21. The fourth-order valence-electron chi connectivity index (χ4n) is 5.38. The number of halogens is 2. The lowest BCUT2D eigenvalue weighted by molar-refractivity contribution is -0.140. The summed E-state index contributed by atoms with van der Waals surface area (Å²) in [7, 11) is 0. The van der Waals surface area contributed by atoms with Gasteiger partial charge in [0, 0.05) is 41.7 Å². The predicted molar refractivity (Wildman–Crippen MR) is 161 cm³/mol. The number of aliphatic carboxylic acids is 1. The molecule has 1 aromatic heterocycles. The lowest BCUT2D eigenvalue weighted by Crippen LogP contribution is -2.40. The number of hydrogen-bond donors (Lipinski definition) is 2. The number of carbonyl (C=O) groups is 1. The van der Waals surface area contributed by atoms with Gasteiger partial charge in [0.2, 0.25) is 0 Å². The zero-order valence-electron chi connectivity index (χ0n) is 23.8. The molecule has 5 rings (SSSR count). The Morgan fingerprint density at radius 3 is 2.67 bits per heavy atom. The van der Waals surface area contributed by atoms with Crippen molar-refractivity contribution in [3.05, 3.63) is 112 Å². The van der Waals surface area contributed by atoms with Crippen molar-refractivity contribution in [1.82, 2.24) is 10.3 Å². The molecule has 7 nitrogen and oxygen atoms in total. The van der Waals surface area contributed by atoms with Gasteiger partial charge >= 0.3 is 5.97 Å². The Morgan fingerprint density at radius 2 is 1.93 bits per heavy atom. The number of nitriles is 1. The summed E-state index contributed by atoms with van der Waals surface area (Å²) >= 11 is 6.73. The first kappa shape index (κ1) is 30.0. The second-order valence-corrected chi connectivity index (χ2v) is 11.2. The van der Waals surface area contributed by atoms with Crippen molar-refractivity contribution in [1.29, 1.82) is 5.26 Å². The van der Waals surface area contributed by atoms with E-state index in [9.17, 15) is 19.6 Å². The zero-order chi connectivity index (χ0) is 30.5. The van der Waals surface area contributed by atoms with E-state index in [4.69, 9.17) is 21.1 Å². The van der Waals surface area contributed by atoms with Crippen LogP contribution in [-0.4, -0.2) is 22.1 Å². The number of ether oxygens (including phenoxy) is 2. The molecule has 0 amide bonds. The quantitative estimate of drug-likeness (QED) is 0.187. The number of benzene rings is 3. The van der Waals surface area contributed by atoms with Crippen LogP contribution in [0, 0.1) is 23.1 Å². The molecule has 0 saturated heterocycles. The molecule has 0 fully saturated rings. The normalized spacial score (nSPS) is 14.7. The molecule has 9 heteroatoms. The first-order valence-electron chi connectivity index (χ1n) is 14.0. The smallest absolute Gasteiger partial charge is 0.320 e. The van der Waals surface area contributed by atoms with Crippen molar-refractivity contribution >= 4 is 17.6 Å². The number of carboxylic acid groups (broad SMARTS) is 1. The van der Waals surface area contributed by atoms with Gasteiger partial charge in [-0.3, -0.25) is 15.1 Å². The van der Waals surface area contributed by atoms with Gasteiger partial charge < -0.3 is 14.6 Å². The molecule has 2 atom stereocenters. The maximum atomic E-state index is 14.6. The lowest BCUT2D eigenvalue weighted by atomic mass is 9.96. The molecule has 0 saturated carbocycles. The van der Waals surface area contributed by atoms with Crippen LogP contribution in [0.15, 0.2) is 73.1 Å². The van der Waals surface area contributed by atoms with Crippen molar-refractivity contribution < 1.29 is 23.8 Å². The van der Waals surface area contributed by atoms with E-state index in [0.29, 0.717) is 45.2 Å². The molecule has 0 bridgehead atoms. The van der Waals surface area contributed by atoms with E-state index in [2.05, 4.69) is 16.4 Å². The molecule has 0 spiro atoms. The SMILES string of the molecule is CC(C)[C@@H](NCc1cc(Cl)c(O[C@H]2CCc3c(-c4ccccc4F)cccc32)cc1OCc1cncc(C#N)c1)C(=O)O. The van der Waals surface area contributed by atoms with E-state index in [-0.39, 0.29) is 31.0 Å². The number of rotatable bonds is 11. The van der Waals surface area contributed by atoms with Gasteiger partial charge in [-0.1, -0.05) is 61.8 Å². The summed E-state index contributed by atoms with van der Waals surface area (Å²) in [4.78, 5) is 15.9. The van der Waals surface area contributed by atoms with Crippen molar-refractivity contribution in [3.63, 3.8) is 0 Å². The zero-order valence-corrected chi connectivity index (χ0v) is 24.6. The second kappa shape index (κ2) is 13.2. The van der Waals surface area contributed by atoms with Crippen LogP contribution in [0.2, 0.25) is 5.02 Å². The molecule has 1 heterocycles. The highest BCUT2D eigenvalue weighted by Gasteiger charge is 2.28. The summed E-state index contributed by atoms with van der Waals surface area (Å²) < 4.78 is 27.3. The number of nitrogens with one attached hydrogen (secondary N) is 1. The molecule has 4 aromatic rings. The maximum absolute atomic E-state index is 14.6. The van der Waals surface area contributed by atoms with Crippen molar-refractivity contribution in [2.75, 3.05) is 0 Å². The summed E-state index contributed by atoms with van der Waals surface area (Å²) in [5.74, 6) is -0.487. The Bertz CT molecular complexity index is 1690. The van der Waals surface area contributed by atoms with E-state index < -0.39 is 12.0 Å². The fraction of sp³-hybridized carbons (Fsp3) is 0.265. The maximum Gasteiger partial charge on any atom is 0.320 e. The van der Waals surface area contributed by atoms with Crippen molar-refractivity contribution in [2.45, 2.75) is 52.0 Å². The van der Waals surface area contributed by atoms with E-state index in [0.717, 1.165) is 23.1 Å². The van der Waals surface area contributed by atoms with E-state index >= 15 is 0 Å². The number of pyridine rings is 1. The molecule has 0 unspecified atom stereocenters. The molecule has 0 radical (unpaired) electrons. The molecule has 43 heavy (non-hydrogen) atoms. The van der Waals surface area contributed by atoms with Crippen LogP contribution in [0.3, 0.4) is 0 Å².